The molecule has 2 N–H and O–H groups in total. The van der Waals surface area contributed by atoms with Crippen molar-refractivity contribution >= 4 is 23.5 Å². The number of hydrogen-bond acceptors (Lipinski definition) is 6. The topological polar surface area (TPSA) is 96.7 Å². The van der Waals surface area contributed by atoms with Crippen LogP contribution in [0.1, 0.15) is 25.2 Å². The van der Waals surface area contributed by atoms with Gasteiger partial charge in [-0.05, 0) is 25.8 Å². The first kappa shape index (κ1) is 17.2. The van der Waals surface area contributed by atoms with Gasteiger partial charge in [-0.1, -0.05) is 48.1 Å². The molecule has 0 aliphatic carbocycles. The number of carbonyl (C=O) groups excluding carboxylic acids is 1. The molecule has 0 unspecified atom stereocenters. The van der Waals surface area contributed by atoms with Gasteiger partial charge in [0.15, 0.2) is 11.6 Å². The van der Waals surface area contributed by atoms with Crippen molar-refractivity contribution in [2.75, 3.05) is 5.32 Å². The Kier molecular flexibility index (Phi) is 5.18. The summed E-state index contributed by atoms with van der Waals surface area (Å²) in [7, 11) is 0. The van der Waals surface area contributed by atoms with Crippen molar-refractivity contribution in [2.45, 2.75) is 37.6 Å². The number of nitrogens with one attached hydrogen (secondary N) is 2. The third-order valence-electron chi connectivity index (χ3n) is 3.63. The predicted molar refractivity (Wildman–Crippen MR) is 96.4 cm³/mol. The maximum absolute atomic E-state index is 12.2. The lowest BCUT2D eigenvalue weighted by Crippen LogP contribution is -2.22. The highest BCUT2D eigenvalue weighted by Crippen LogP contribution is 2.24. The van der Waals surface area contributed by atoms with Gasteiger partial charge in [0.2, 0.25) is 11.1 Å². The van der Waals surface area contributed by atoms with Crippen molar-refractivity contribution in [3.8, 4) is 11.4 Å². The zero-order chi connectivity index (χ0) is 17.8. The Morgan fingerprint density at radius 2 is 2.12 bits per heavy atom. The van der Waals surface area contributed by atoms with Crippen molar-refractivity contribution < 1.29 is 9.32 Å². The summed E-state index contributed by atoms with van der Waals surface area (Å²) in [6, 6.07) is 9.83. The molecule has 0 saturated heterocycles. The van der Waals surface area contributed by atoms with Crippen LogP contribution in [-0.2, 0) is 11.2 Å². The fraction of sp³-hybridized carbons (Fsp3) is 0.294. The molecule has 0 aliphatic rings. The Hall–Kier alpha value is -2.61. The minimum Gasteiger partial charge on any atom is -0.360 e. The zero-order valence-electron chi connectivity index (χ0n) is 14.2. The maximum atomic E-state index is 12.2. The van der Waals surface area contributed by atoms with Gasteiger partial charge in [0.25, 0.3) is 0 Å². The van der Waals surface area contributed by atoms with Crippen LogP contribution in [0.15, 0.2) is 40.0 Å². The number of benzene rings is 1. The lowest BCUT2D eigenvalue weighted by Gasteiger charge is -2.07. The van der Waals surface area contributed by atoms with Crippen LogP contribution in [-0.4, -0.2) is 31.5 Å². The van der Waals surface area contributed by atoms with Gasteiger partial charge in [0.05, 0.1) is 5.25 Å². The number of nitrogens with zero attached hydrogens (tertiary/aromatic N) is 3. The summed E-state index contributed by atoms with van der Waals surface area (Å²) < 4.78 is 4.93. The van der Waals surface area contributed by atoms with Gasteiger partial charge in [-0.15, -0.1) is 5.10 Å². The van der Waals surface area contributed by atoms with E-state index in [4.69, 9.17) is 4.52 Å². The number of aromatic amines is 1. The van der Waals surface area contributed by atoms with Crippen molar-refractivity contribution in [2.24, 2.45) is 0 Å². The Balaban J connectivity index is 1.62. The van der Waals surface area contributed by atoms with E-state index in [1.165, 1.54) is 17.3 Å². The zero-order valence-corrected chi connectivity index (χ0v) is 15.1. The van der Waals surface area contributed by atoms with Gasteiger partial charge < -0.3 is 9.84 Å². The van der Waals surface area contributed by atoms with Gasteiger partial charge in [-0.25, -0.2) is 4.98 Å². The van der Waals surface area contributed by atoms with Crippen molar-refractivity contribution in [3.05, 3.63) is 41.7 Å². The number of rotatable bonds is 6. The number of aromatic nitrogens is 4. The van der Waals surface area contributed by atoms with Gasteiger partial charge in [0.1, 0.15) is 5.76 Å². The van der Waals surface area contributed by atoms with Crippen LogP contribution in [0.2, 0.25) is 0 Å². The van der Waals surface area contributed by atoms with Gasteiger partial charge in [-0.3, -0.25) is 9.89 Å². The lowest BCUT2D eigenvalue weighted by atomic mass is 10.1. The van der Waals surface area contributed by atoms with E-state index in [0.29, 0.717) is 22.6 Å². The lowest BCUT2D eigenvalue weighted by molar-refractivity contribution is -0.115. The molecular formula is C17H19N5O2S. The van der Waals surface area contributed by atoms with E-state index in [1.807, 2.05) is 12.1 Å². The summed E-state index contributed by atoms with van der Waals surface area (Å²) in [5.74, 6) is 1.55. The maximum Gasteiger partial charge on any atom is 0.238 e. The largest absolute Gasteiger partial charge is 0.360 e. The third kappa shape index (κ3) is 4.27. The van der Waals surface area contributed by atoms with E-state index in [1.54, 1.807) is 19.9 Å². The Morgan fingerprint density at radius 3 is 2.76 bits per heavy atom. The molecule has 1 aromatic carbocycles. The molecule has 2 heterocycles. The molecule has 0 radical (unpaired) electrons. The minimum atomic E-state index is -0.372. The number of carbonyl (C=O) groups is 1. The molecular weight excluding hydrogens is 338 g/mol. The van der Waals surface area contributed by atoms with E-state index in [2.05, 4.69) is 44.7 Å². The second-order valence-electron chi connectivity index (χ2n) is 5.59. The Labute approximate surface area is 149 Å². The molecule has 0 spiro atoms. The summed E-state index contributed by atoms with van der Waals surface area (Å²) >= 11 is 1.28. The van der Waals surface area contributed by atoms with Crippen LogP contribution in [0.5, 0.6) is 0 Å². The molecule has 0 saturated carbocycles. The number of thioether (sulfide) groups is 1. The molecule has 0 fully saturated rings. The van der Waals surface area contributed by atoms with E-state index >= 15 is 0 Å². The summed E-state index contributed by atoms with van der Waals surface area (Å²) in [4.78, 5) is 16.6. The second kappa shape index (κ2) is 7.52. The first-order chi connectivity index (χ1) is 12.0. The summed E-state index contributed by atoms with van der Waals surface area (Å²) in [5, 5.41) is 13.7. The Morgan fingerprint density at radius 1 is 1.36 bits per heavy atom. The SMILES string of the molecule is CCc1ccc(-c2nc(S[C@@H](C)C(=O)Nc3cc(C)on3)n[nH]2)cc1. The quantitative estimate of drug-likeness (QED) is 0.656. The number of aryl methyl sites for hydroxylation is 2. The van der Waals surface area contributed by atoms with Gasteiger partial charge >= 0.3 is 0 Å². The van der Waals surface area contributed by atoms with Gasteiger partial charge in [-0.2, -0.15) is 0 Å². The molecule has 0 bridgehead atoms. The first-order valence-electron chi connectivity index (χ1n) is 7.97. The van der Waals surface area contributed by atoms with Crippen molar-refractivity contribution in [1.82, 2.24) is 20.3 Å². The number of H-pyrrole nitrogens is 1. The summed E-state index contributed by atoms with van der Waals surface area (Å²) in [6.07, 6.45) is 0.995. The van der Waals surface area contributed by atoms with E-state index in [-0.39, 0.29) is 11.2 Å². The smallest absolute Gasteiger partial charge is 0.238 e. The highest BCUT2D eigenvalue weighted by atomic mass is 32.2. The standard InChI is InChI=1S/C17H19N5O2S/c1-4-12-5-7-13(8-6-12)15-19-17(21-20-15)25-11(3)16(23)18-14-9-10(2)24-22-14/h5-9,11H,4H2,1-3H3,(H,18,22,23)(H,19,20,21)/t11-/m0/s1. The first-order valence-corrected chi connectivity index (χ1v) is 8.85. The van der Waals surface area contributed by atoms with Crippen LogP contribution in [0.4, 0.5) is 5.82 Å². The molecule has 1 atom stereocenters. The number of anilines is 1. The molecule has 7 nitrogen and oxygen atoms in total. The van der Waals surface area contributed by atoms with E-state index < -0.39 is 0 Å². The summed E-state index contributed by atoms with van der Waals surface area (Å²) in [6.45, 7) is 5.67. The molecule has 1 amide bonds. The third-order valence-corrected chi connectivity index (χ3v) is 4.59. The van der Waals surface area contributed by atoms with Crippen molar-refractivity contribution in [3.63, 3.8) is 0 Å². The highest BCUT2D eigenvalue weighted by molar-refractivity contribution is 8.00. The van der Waals surface area contributed by atoms with Crippen LogP contribution in [0.3, 0.4) is 0 Å². The van der Waals surface area contributed by atoms with Crippen LogP contribution in [0.25, 0.3) is 11.4 Å². The average molecular weight is 357 g/mol. The molecule has 8 heteroatoms. The van der Waals surface area contributed by atoms with Gasteiger partial charge in [0, 0.05) is 11.6 Å². The van der Waals surface area contributed by atoms with E-state index in [0.717, 1.165) is 12.0 Å². The van der Waals surface area contributed by atoms with Crippen molar-refractivity contribution in [1.29, 1.82) is 0 Å². The molecule has 130 valence electrons. The Bertz CT molecular complexity index is 856. The summed E-state index contributed by atoms with van der Waals surface area (Å²) in [5.41, 5.74) is 2.23. The van der Waals surface area contributed by atoms with E-state index in [9.17, 15) is 4.79 Å². The average Bonchev–Trinajstić information content (AvgIpc) is 3.24. The minimum absolute atomic E-state index is 0.183. The second-order valence-corrected chi connectivity index (χ2v) is 6.90. The fourth-order valence-corrected chi connectivity index (χ4v) is 2.92. The fourth-order valence-electron chi connectivity index (χ4n) is 2.19. The molecule has 0 aliphatic heterocycles. The highest BCUT2D eigenvalue weighted by Gasteiger charge is 2.18. The predicted octanol–water partition coefficient (Wildman–Crippen LogP) is 3.45. The molecule has 3 rings (SSSR count). The number of amides is 1. The molecule has 2 aromatic heterocycles. The monoisotopic (exact) mass is 357 g/mol. The van der Waals surface area contributed by atoms with Crippen LogP contribution in [0, 0.1) is 6.92 Å². The molecule has 25 heavy (non-hydrogen) atoms. The normalized spacial score (nSPS) is 12.1. The van der Waals surface area contributed by atoms with Crippen LogP contribution < -0.4 is 5.32 Å². The molecule has 3 aromatic rings. The number of hydrogen-bond donors (Lipinski definition) is 2. The van der Waals surface area contributed by atoms with Crippen LogP contribution >= 0.6 is 11.8 Å².